The molecule has 0 aromatic heterocycles. The average molecular weight is 482 g/mol. The highest BCUT2D eigenvalue weighted by atomic mass is 127. The van der Waals surface area contributed by atoms with E-state index in [4.69, 9.17) is 0 Å². The zero-order valence-electron chi connectivity index (χ0n) is 13.4. The lowest BCUT2D eigenvalue weighted by Crippen LogP contribution is -2.12. The van der Waals surface area contributed by atoms with Gasteiger partial charge in [0, 0.05) is 11.4 Å². The lowest BCUT2D eigenvalue weighted by molar-refractivity contribution is -0.113. The van der Waals surface area contributed by atoms with E-state index < -0.39 is 10.1 Å². The summed E-state index contributed by atoms with van der Waals surface area (Å²) in [6.07, 6.45) is 0. The molecule has 0 unspecified atom stereocenters. The van der Waals surface area contributed by atoms with Crippen LogP contribution in [0.1, 0.15) is 0 Å². The Balaban J connectivity index is 1.96. The van der Waals surface area contributed by atoms with E-state index in [-0.39, 0.29) is 16.5 Å². The Morgan fingerprint density at radius 1 is 0.962 bits per heavy atom. The number of benzene rings is 3. The average Bonchev–Trinajstić information content (AvgIpc) is 2.62. The monoisotopic (exact) mass is 482 g/mol. The maximum atomic E-state index is 11.8. The molecule has 0 atom stereocenters. The number of halogens is 1. The Morgan fingerprint density at radius 2 is 1.54 bits per heavy atom. The maximum Gasteiger partial charge on any atom is 0.296 e. The second-order valence-electron chi connectivity index (χ2n) is 5.55. The van der Waals surface area contributed by atoms with E-state index >= 15 is 0 Å². The molecule has 0 saturated carbocycles. The van der Waals surface area contributed by atoms with Crippen LogP contribution in [0.15, 0.2) is 65.6 Å². The fourth-order valence-electron chi connectivity index (χ4n) is 2.52. The van der Waals surface area contributed by atoms with Crippen molar-refractivity contribution in [2.45, 2.75) is 4.90 Å². The molecule has 0 bridgehead atoms. The van der Waals surface area contributed by atoms with Crippen molar-refractivity contribution in [2.24, 2.45) is 0 Å². The van der Waals surface area contributed by atoms with E-state index in [9.17, 15) is 17.8 Å². The first kappa shape index (κ1) is 18.6. The van der Waals surface area contributed by atoms with Gasteiger partial charge in [-0.15, -0.1) is 0 Å². The van der Waals surface area contributed by atoms with Crippen molar-refractivity contribution in [1.29, 1.82) is 0 Å². The van der Waals surface area contributed by atoms with Gasteiger partial charge in [-0.2, -0.15) is 8.42 Å². The molecule has 3 aromatic carbocycles. The number of nitrogens with one attached hydrogen (secondary N) is 2. The van der Waals surface area contributed by atoms with Gasteiger partial charge in [0.15, 0.2) is 0 Å². The van der Waals surface area contributed by atoms with Crippen LogP contribution in [0.3, 0.4) is 0 Å². The molecule has 0 aliphatic rings. The number of rotatable bonds is 5. The fourth-order valence-corrected chi connectivity index (χ4v) is 3.37. The van der Waals surface area contributed by atoms with Crippen molar-refractivity contribution in [2.75, 3.05) is 15.1 Å². The van der Waals surface area contributed by atoms with Crippen LogP contribution in [0.5, 0.6) is 0 Å². The molecule has 1 amide bonds. The molecule has 3 aromatic rings. The SMILES string of the molecule is O=C(CI)Nc1ccc(Nc2cc3ccccc3cc2S(=O)(=O)O)cc1. The number of amides is 1. The Kier molecular flexibility index (Phi) is 5.44. The number of alkyl halides is 1. The van der Waals surface area contributed by atoms with Gasteiger partial charge in [0.2, 0.25) is 5.91 Å². The van der Waals surface area contributed by atoms with Crippen molar-refractivity contribution in [1.82, 2.24) is 0 Å². The Hall–Kier alpha value is -2.17. The molecule has 26 heavy (non-hydrogen) atoms. The number of carbonyl (C=O) groups excluding carboxylic acids is 1. The predicted octanol–water partition coefficient (Wildman–Crippen LogP) is 4.20. The third kappa shape index (κ3) is 4.32. The first-order valence-electron chi connectivity index (χ1n) is 7.60. The van der Waals surface area contributed by atoms with Crippen LogP contribution in [0.2, 0.25) is 0 Å². The van der Waals surface area contributed by atoms with Crippen LogP contribution in [-0.2, 0) is 14.9 Å². The minimum atomic E-state index is -4.39. The molecule has 0 spiro atoms. The number of hydrogen-bond donors (Lipinski definition) is 3. The van der Waals surface area contributed by atoms with Crippen molar-refractivity contribution in [3.8, 4) is 0 Å². The lowest BCUT2D eigenvalue weighted by atomic mass is 10.1. The first-order valence-corrected chi connectivity index (χ1v) is 10.6. The van der Waals surface area contributed by atoms with Crippen LogP contribution in [0.4, 0.5) is 17.1 Å². The van der Waals surface area contributed by atoms with Gasteiger partial charge < -0.3 is 10.6 Å². The summed E-state index contributed by atoms with van der Waals surface area (Å²) >= 11 is 1.97. The van der Waals surface area contributed by atoms with Gasteiger partial charge >= 0.3 is 0 Å². The highest BCUT2D eigenvalue weighted by Crippen LogP contribution is 2.30. The van der Waals surface area contributed by atoms with E-state index in [0.717, 1.165) is 5.39 Å². The normalized spacial score (nSPS) is 11.3. The molecule has 3 rings (SSSR count). The Labute approximate surface area is 164 Å². The summed E-state index contributed by atoms with van der Waals surface area (Å²) < 4.78 is 33.4. The van der Waals surface area contributed by atoms with E-state index in [2.05, 4.69) is 10.6 Å². The summed E-state index contributed by atoms with van der Waals surface area (Å²) in [4.78, 5) is 11.2. The summed E-state index contributed by atoms with van der Waals surface area (Å²) in [5.41, 5.74) is 1.54. The van der Waals surface area contributed by atoms with Gasteiger partial charge in [-0.3, -0.25) is 9.35 Å². The standard InChI is InChI=1S/C18H15IN2O4S/c19-11-18(22)21-15-7-5-14(6-8-15)20-16-9-12-3-1-2-4-13(12)10-17(16)26(23,24)25/h1-10,20H,11H2,(H,21,22)(H,23,24,25). The summed E-state index contributed by atoms with van der Waals surface area (Å²) in [5.74, 6) is -0.102. The van der Waals surface area contributed by atoms with Crippen LogP contribution in [0, 0.1) is 0 Å². The van der Waals surface area contributed by atoms with Gasteiger partial charge in [0.05, 0.1) is 10.1 Å². The van der Waals surface area contributed by atoms with Gasteiger partial charge in [0.25, 0.3) is 10.1 Å². The highest BCUT2D eigenvalue weighted by molar-refractivity contribution is 14.1. The minimum absolute atomic E-state index is 0.102. The molecule has 0 aliphatic heterocycles. The summed E-state index contributed by atoms with van der Waals surface area (Å²) in [6, 6.07) is 17.2. The lowest BCUT2D eigenvalue weighted by Gasteiger charge is -2.13. The molecule has 0 heterocycles. The molecule has 0 saturated heterocycles. The molecule has 8 heteroatoms. The van der Waals surface area contributed by atoms with E-state index in [1.807, 2.05) is 34.7 Å². The van der Waals surface area contributed by atoms with Crippen LogP contribution in [-0.4, -0.2) is 23.3 Å². The van der Waals surface area contributed by atoms with Crippen molar-refractivity contribution in [3.05, 3.63) is 60.7 Å². The van der Waals surface area contributed by atoms with E-state index in [1.165, 1.54) is 6.07 Å². The molecule has 6 nitrogen and oxygen atoms in total. The van der Waals surface area contributed by atoms with E-state index in [1.54, 1.807) is 42.5 Å². The molecule has 0 aliphatic carbocycles. The van der Waals surface area contributed by atoms with Gasteiger partial charge in [0.1, 0.15) is 4.90 Å². The Bertz CT molecular complexity index is 1070. The molecular weight excluding hydrogens is 467 g/mol. The van der Waals surface area contributed by atoms with Crippen LogP contribution >= 0.6 is 22.6 Å². The molecule has 0 radical (unpaired) electrons. The third-order valence-electron chi connectivity index (χ3n) is 3.69. The van der Waals surface area contributed by atoms with Crippen LogP contribution in [0.25, 0.3) is 10.8 Å². The summed E-state index contributed by atoms with van der Waals surface area (Å²) in [6.45, 7) is 0. The maximum absolute atomic E-state index is 11.8. The van der Waals surface area contributed by atoms with Crippen molar-refractivity contribution < 1.29 is 17.8 Å². The summed E-state index contributed by atoms with van der Waals surface area (Å²) in [5, 5.41) is 7.30. The number of anilines is 3. The molecule has 0 fully saturated rings. The van der Waals surface area contributed by atoms with Crippen molar-refractivity contribution in [3.63, 3.8) is 0 Å². The van der Waals surface area contributed by atoms with E-state index in [0.29, 0.717) is 21.2 Å². The second kappa shape index (κ2) is 7.60. The quantitative estimate of drug-likeness (QED) is 0.288. The van der Waals surface area contributed by atoms with Crippen LogP contribution < -0.4 is 10.6 Å². The number of hydrogen-bond acceptors (Lipinski definition) is 4. The predicted molar refractivity (Wildman–Crippen MR) is 111 cm³/mol. The second-order valence-corrected chi connectivity index (χ2v) is 7.71. The molecule has 3 N–H and O–H groups in total. The number of carbonyl (C=O) groups is 1. The number of fused-ring (bicyclic) bond motifs is 1. The highest BCUT2D eigenvalue weighted by Gasteiger charge is 2.17. The zero-order valence-corrected chi connectivity index (χ0v) is 16.4. The zero-order chi connectivity index (χ0) is 18.7. The topological polar surface area (TPSA) is 95.5 Å². The first-order chi connectivity index (χ1) is 12.4. The largest absolute Gasteiger partial charge is 0.354 e. The molecular formula is C18H15IN2O4S. The summed E-state index contributed by atoms with van der Waals surface area (Å²) in [7, 11) is -4.39. The van der Waals surface area contributed by atoms with Gasteiger partial charge in [-0.05, 0) is 47.2 Å². The van der Waals surface area contributed by atoms with Gasteiger partial charge in [-0.1, -0.05) is 46.9 Å². The smallest absolute Gasteiger partial charge is 0.296 e. The minimum Gasteiger partial charge on any atom is -0.354 e. The van der Waals surface area contributed by atoms with Gasteiger partial charge in [-0.25, -0.2) is 0 Å². The molecule has 134 valence electrons. The fraction of sp³-hybridized carbons (Fsp3) is 0.0556. The van der Waals surface area contributed by atoms with Crippen molar-refractivity contribution >= 4 is 66.5 Å². The third-order valence-corrected chi connectivity index (χ3v) is 5.28. The Morgan fingerprint density at radius 3 is 2.12 bits per heavy atom.